The maximum Gasteiger partial charge on any atom is 0.233 e. The van der Waals surface area contributed by atoms with Gasteiger partial charge in [0.15, 0.2) is 5.16 Å². The van der Waals surface area contributed by atoms with Gasteiger partial charge in [0.05, 0.1) is 16.8 Å². The second kappa shape index (κ2) is 7.31. The predicted octanol–water partition coefficient (Wildman–Crippen LogP) is 2.58. The van der Waals surface area contributed by atoms with Crippen LogP contribution in [0.3, 0.4) is 0 Å². The molecule has 2 aromatic rings. The molecule has 2 amide bonds. The second-order valence-corrected chi connectivity index (χ2v) is 8.14. The SMILES string of the molecule is Cc1ccc2nc(SCC(=O)N3CCCC(N4CCCC4=O)C3)[nH]c2c1. The molecule has 0 saturated carbocycles. The van der Waals surface area contributed by atoms with Crippen LogP contribution >= 0.6 is 11.8 Å². The van der Waals surface area contributed by atoms with E-state index < -0.39 is 0 Å². The van der Waals surface area contributed by atoms with Crippen LogP contribution in [-0.2, 0) is 9.59 Å². The van der Waals surface area contributed by atoms with Crippen LogP contribution in [-0.4, -0.2) is 63.0 Å². The maximum atomic E-state index is 12.6. The van der Waals surface area contributed by atoms with Gasteiger partial charge in [0.1, 0.15) is 0 Å². The summed E-state index contributed by atoms with van der Waals surface area (Å²) in [5.74, 6) is 0.749. The Labute approximate surface area is 157 Å². The maximum absolute atomic E-state index is 12.6. The highest BCUT2D eigenvalue weighted by atomic mass is 32.2. The lowest BCUT2D eigenvalue weighted by atomic mass is 10.0. The lowest BCUT2D eigenvalue weighted by Gasteiger charge is -2.37. The van der Waals surface area contributed by atoms with E-state index in [2.05, 4.69) is 23.0 Å². The Morgan fingerprint density at radius 3 is 3.04 bits per heavy atom. The first-order chi connectivity index (χ1) is 12.6. The van der Waals surface area contributed by atoms with E-state index in [4.69, 9.17) is 0 Å². The number of nitrogens with zero attached hydrogens (tertiary/aromatic N) is 3. The van der Waals surface area contributed by atoms with Gasteiger partial charge in [-0.3, -0.25) is 9.59 Å². The third kappa shape index (κ3) is 3.58. The fourth-order valence-corrected chi connectivity index (χ4v) is 4.67. The molecule has 4 rings (SSSR count). The zero-order valence-electron chi connectivity index (χ0n) is 15.0. The summed E-state index contributed by atoms with van der Waals surface area (Å²) in [6.07, 6.45) is 3.58. The molecule has 1 aromatic heterocycles. The minimum atomic E-state index is 0.128. The Hall–Kier alpha value is -2.02. The van der Waals surface area contributed by atoms with E-state index >= 15 is 0 Å². The Morgan fingerprint density at radius 1 is 1.35 bits per heavy atom. The van der Waals surface area contributed by atoms with Gasteiger partial charge in [-0.15, -0.1) is 0 Å². The van der Waals surface area contributed by atoms with E-state index in [1.807, 2.05) is 21.9 Å². The van der Waals surface area contributed by atoms with Gasteiger partial charge >= 0.3 is 0 Å². The van der Waals surface area contributed by atoms with Crippen molar-refractivity contribution in [3.8, 4) is 0 Å². The highest BCUT2D eigenvalue weighted by Crippen LogP contribution is 2.24. The third-order valence-corrected chi connectivity index (χ3v) is 6.11. The first-order valence-corrected chi connectivity index (χ1v) is 10.2. The zero-order valence-corrected chi connectivity index (χ0v) is 15.8. The molecule has 0 radical (unpaired) electrons. The fourth-order valence-electron chi connectivity index (χ4n) is 3.88. The lowest BCUT2D eigenvalue weighted by Crippen LogP contribution is -2.50. The highest BCUT2D eigenvalue weighted by Gasteiger charge is 2.32. The number of amides is 2. The minimum Gasteiger partial charge on any atom is -0.340 e. The van der Waals surface area contributed by atoms with Crippen LogP contribution in [0.2, 0.25) is 0 Å². The van der Waals surface area contributed by atoms with Gasteiger partial charge in [0.25, 0.3) is 0 Å². The van der Waals surface area contributed by atoms with Gasteiger partial charge in [0, 0.05) is 32.1 Å². The minimum absolute atomic E-state index is 0.128. The van der Waals surface area contributed by atoms with E-state index in [0.29, 0.717) is 18.7 Å². The molecule has 6 nitrogen and oxygen atoms in total. The molecule has 1 aromatic carbocycles. The number of aryl methyl sites for hydroxylation is 1. The molecule has 0 aliphatic carbocycles. The largest absolute Gasteiger partial charge is 0.340 e. The average Bonchev–Trinajstić information content (AvgIpc) is 3.25. The first kappa shape index (κ1) is 17.4. The van der Waals surface area contributed by atoms with Crippen LogP contribution in [0.4, 0.5) is 0 Å². The molecule has 2 saturated heterocycles. The lowest BCUT2D eigenvalue weighted by molar-refractivity contribution is -0.135. The van der Waals surface area contributed by atoms with Crippen molar-refractivity contribution in [2.75, 3.05) is 25.4 Å². The van der Waals surface area contributed by atoms with Gasteiger partial charge in [0.2, 0.25) is 11.8 Å². The van der Waals surface area contributed by atoms with Crippen molar-refractivity contribution in [1.82, 2.24) is 19.8 Å². The number of hydrogen-bond donors (Lipinski definition) is 1. The molecule has 0 bridgehead atoms. The summed E-state index contributed by atoms with van der Waals surface area (Å²) in [5, 5.41) is 0.780. The van der Waals surface area contributed by atoms with Crippen LogP contribution in [0.15, 0.2) is 23.4 Å². The van der Waals surface area contributed by atoms with E-state index in [1.165, 1.54) is 17.3 Å². The van der Waals surface area contributed by atoms with Crippen molar-refractivity contribution in [3.63, 3.8) is 0 Å². The number of benzene rings is 1. The van der Waals surface area contributed by atoms with Crippen molar-refractivity contribution in [3.05, 3.63) is 23.8 Å². The Bertz CT molecular complexity index is 834. The number of rotatable bonds is 4. The summed E-state index contributed by atoms with van der Waals surface area (Å²) in [7, 11) is 0. The van der Waals surface area contributed by atoms with Gasteiger partial charge < -0.3 is 14.8 Å². The van der Waals surface area contributed by atoms with E-state index in [0.717, 1.165) is 48.5 Å². The van der Waals surface area contributed by atoms with Crippen LogP contribution in [0, 0.1) is 6.92 Å². The summed E-state index contributed by atoms with van der Waals surface area (Å²) in [6.45, 7) is 4.36. The van der Waals surface area contributed by atoms with Gasteiger partial charge in [-0.2, -0.15) is 0 Å². The number of aromatic amines is 1. The molecule has 7 heteroatoms. The van der Waals surface area contributed by atoms with E-state index in [9.17, 15) is 9.59 Å². The quantitative estimate of drug-likeness (QED) is 0.838. The molecule has 2 aliphatic rings. The number of nitrogens with one attached hydrogen (secondary N) is 1. The van der Waals surface area contributed by atoms with Crippen LogP contribution in [0.25, 0.3) is 11.0 Å². The van der Waals surface area contributed by atoms with Crippen molar-refractivity contribution in [2.45, 2.75) is 43.8 Å². The van der Waals surface area contributed by atoms with Gasteiger partial charge in [-0.05, 0) is 43.9 Å². The summed E-state index contributed by atoms with van der Waals surface area (Å²) >= 11 is 1.45. The summed E-state index contributed by atoms with van der Waals surface area (Å²) in [4.78, 5) is 36.3. The van der Waals surface area contributed by atoms with E-state index in [1.54, 1.807) is 0 Å². The molecule has 0 spiro atoms. The molecular formula is C19H24N4O2S. The summed E-state index contributed by atoms with van der Waals surface area (Å²) in [5.41, 5.74) is 3.12. The van der Waals surface area contributed by atoms with Crippen molar-refractivity contribution < 1.29 is 9.59 Å². The number of imidazole rings is 1. The van der Waals surface area contributed by atoms with Gasteiger partial charge in [-0.25, -0.2) is 4.98 Å². The zero-order chi connectivity index (χ0) is 18.1. The molecule has 1 N–H and O–H groups in total. The number of carbonyl (C=O) groups is 2. The summed E-state index contributed by atoms with van der Waals surface area (Å²) in [6, 6.07) is 6.30. The molecule has 138 valence electrons. The Morgan fingerprint density at radius 2 is 2.23 bits per heavy atom. The van der Waals surface area contributed by atoms with Crippen LogP contribution < -0.4 is 0 Å². The number of hydrogen-bond acceptors (Lipinski definition) is 4. The second-order valence-electron chi connectivity index (χ2n) is 7.18. The highest BCUT2D eigenvalue weighted by molar-refractivity contribution is 7.99. The molecule has 2 aliphatic heterocycles. The molecule has 26 heavy (non-hydrogen) atoms. The normalized spacial score (nSPS) is 21.0. The molecular weight excluding hydrogens is 348 g/mol. The Kier molecular flexibility index (Phi) is 4.89. The number of aromatic nitrogens is 2. The molecule has 3 heterocycles. The number of fused-ring (bicyclic) bond motifs is 1. The number of H-pyrrole nitrogens is 1. The smallest absolute Gasteiger partial charge is 0.233 e. The van der Waals surface area contributed by atoms with E-state index in [-0.39, 0.29) is 17.9 Å². The molecule has 2 fully saturated rings. The average molecular weight is 372 g/mol. The van der Waals surface area contributed by atoms with Crippen molar-refractivity contribution in [1.29, 1.82) is 0 Å². The standard InChI is InChI=1S/C19H24N4O2S/c1-13-6-7-15-16(10-13)21-19(20-15)26-12-18(25)22-8-2-4-14(11-22)23-9-3-5-17(23)24/h6-7,10,14H,2-5,8-9,11-12H2,1H3,(H,20,21). The number of piperidine rings is 1. The topological polar surface area (TPSA) is 69.3 Å². The number of likely N-dealkylation sites (tertiary alicyclic amines) is 2. The third-order valence-electron chi connectivity index (χ3n) is 5.25. The molecule has 1 atom stereocenters. The van der Waals surface area contributed by atoms with Crippen molar-refractivity contribution >= 4 is 34.6 Å². The Balaban J connectivity index is 1.35. The summed E-state index contributed by atoms with van der Waals surface area (Å²) < 4.78 is 0. The molecule has 1 unspecified atom stereocenters. The monoisotopic (exact) mass is 372 g/mol. The van der Waals surface area contributed by atoms with Gasteiger partial charge in [-0.1, -0.05) is 17.8 Å². The number of thioether (sulfide) groups is 1. The predicted molar refractivity (Wildman–Crippen MR) is 102 cm³/mol. The van der Waals surface area contributed by atoms with Crippen LogP contribution in [0.1, 0.15) is 31.2 Å². The fraction of sp³-hybridized carbons (Fsp3) is 0.526. The number of carbonyl (C=O) groups excluding carboxylic acids is 2. The van der Waals surface area contributed by atoms with Crippen LogP contribution in [0.5, 0.6) is 0 Å². The van der Waals surface area contributed by atoms with Crippen molar-refractivity contribution in [2.24, 2.45) is 0 Å². The first-order valence-electron chi connectivity index (χ1n) is 9.26.